The third kappa shape index (κ3) is 2.73. The van der Waals surface area contributed by atoms with Crippen molar-refractivity contribution in [1.82, 2.24) is 19.3 Å². The lowest BCUT2D eigenvalue weighted by Gasteiger charge is -2.08. The maximum Gasteiger partial charge on any atom is 0.252 e. The molecule has 3 heterocycles. The average Bonchev–Trinajstić information content (AvgIpc) is 3.21. The van der Waals surface area contributed by atoms with Gasteiger partial charge in [0.1, 0.15) is 11.3 Å². The molecule has 0 atom stereocenters. The van der Waals surface area contributed by atoms with Gasteiger partial charge in [-0.05, 0) is 23.8 Å². The van der Waals surface area contributed by atoms with Gasteiger partial charge in [-0.25, -0.2) is 4.39 Å². The van der Waals surface area contributed by atoms with E-state index in [0.717, 1.165) is 16.6 Å². The lowest BCUT2D eigenvalue weighted by Crippen LogP contribution is -2.10. The Balaban J connectivity index is 1.72. The molecule has 130 valence electrons. The van der Waals surface area contributed by atoms with E-state index < -0.39 is 5.91 Å². The first-order chi connectivity index (χ1) is 12.5. The van der Waals surface area contributed by atoms with Gasteiger partial charge in [0.2, 0.25) is 0 Å². The van der Waals surface area contributed by atoms with Crippen LogP contribution in [0.2, 0.25) is 0 Å². The molecule has 0 aliphatic heterocycles. The fourth-order valence-corrected chi connectivity index (χ4v) is 3.04. The summed E-state index contributed by atoms with van der Waals surface area (Å²) in [5.41, 5.74) is 9.13. The number of hydrogen-bond acceptors (Lipinski definition) is 3. The minimum absolute atomic E-state index is 0.272. The highest BCUT2D eigenvalue weighted by atomic mass is 19.1. The molecule has 0 saturated heterocycles. The van der Waals surface area contributed by atoms with Crippen molar-refractivity contribution >= 4 is 16.9 Å². The van der Waals surface area contributed by atoms with E-state index in [1.54, 1.807) is 40.0 Å². The fourth-order valence-electron chi connectivity index (χ4n) is 3.04. The van der Waals surface area contributed by atoms with Crippen molar-refractivity contribution in [3.63, 3.8) is 0 Å². The second-order valence-electron chi connectivity index (χ2n) is 6.11. The highest BCUT2D eigenvalue weighted by Crippen LogP contribution is 2.24. The second-order valence-corrected chi connectivity index (χ2v) is 6.11. The van der Waals surface area contributed by atoms with Gasteiger partial charge in [0.05, 0.1) is 23.8 Å². The van der Waals surface area contributed by atoms with Gasteiger partial charge in [-0.3, -0.25) is 14.5 Å². The molecule has 6 nitrogen and oxygen atoms in total. The van der Waals surface area contributed by atoms with Gasteiger partial charge < -0.3 is 10.3 Å². The van der Waals surface area contributed by atoms with E-state index in [1.807, 2.05) is 25.4 Å². The van der Waals surface area contributed by atoms with Gasteiger partial charge in [-0.2, -0.15) is 5.10 Å². The average molecular weight is 349 g/mol. The van der Waals surface area contributed by atoms with Crippen molar-refractivity contribution < 1.29 is 9.18 Å². The number of hydrogen-bond donors (Lipinski definition) is 1. The number of rotatable bonds is 4. The maximum absolute atomic E-state index is 14.6. The van der Waals surface area contributed by atoms with Crippen molar-refractivity contribution in [3.05, 3.63) is 72.1 Å². The van der Waals surface area contributed by atoms with Crippen LogP contribution in [0.25, 0.3) is 22.2 Å². The highest BCUT2D eigenvalue weighted by Gasteiger charge is 2.15. The van der Waals surface area contributed by atoms with E-state index in [-0.39, 0.29) is 12.4 Å². The zero-order valence-corrected chi connectivity index (χ0v) is 14.1. The number of nitrogens with two attached hydrogens (primary N) is 1. The lowest BCUT2D eigenvalue weighted by molar-refractivity contribution is 0.100. The predicted octanol–water partition coefficient (Wildman–Crippen LogP) is 2.72. The first-order valence-electron chi connectivity index (χ1n) is 8.04. The van der Waals surface area contributed by atoms with Crippen LogP contribution in [0.3, 0.4) is 0 Å². The molecule has 0 bridgehead atoms. The summed E-state index contributed by atoms with van der Waals surface area (Å²) in [6.45, 7) is 0.272. The number of halogens is 1. The number of carbonyl (C=O) groups excluding carboxylic acids is 1. The van der Waals surface area contributed by atoms with E-state index in [1.165, 1.54) is 6.07 Å². The van der Waals surface area contributed by atoms with Crippen LogP contribution in [0, 0.1) is 5.82 Å². The SMILES string of the molecule is Cn1cc(-c2ccc(Cn3cc(C(N)=O)c4ncccc43)c(F)c2)cn1. The molecule has 1 amide bonds. The number of aromatic nitrogens is 4. The smallest absolute Gasteiger partial charge is 0.252 e. The van der Waals surface area contributed by atoms with Crippen molar-refractivity contribution in [3.8, 4) is 11.1 Å². The maximum atomic E-state index is 14.6. The molecule has 2 N–H and O–H groups in total. The third-order valence-electron chi connectivity index (χ3n) is 4.33. The molecule has 4 rings (SSSR count). The van der Waals surface area contributed by atoms with Crippen LogP contribution in [0.1, 0.15) is 15.9 Å². The Labute approximate surface area is 148 Å². The van der Waals surface area contributed by atoms with Gasteiger partial charge in [-0.1, -0.05) is 12.1 Å². The molecule has 0 radical (unpaired) electrons. The molecule has 26 heavy (non-hydrogen) atoms. The Morgan fingerprint density at radius 1 is 1.23 bits per heavy atom. The highest BCUT2D eigenvalue weighted by molar-refractivity contribution is 6.04. The molecule has 0 aliphatic carbocycles. The quantitative estimate of drug-likeness (QED) is 0.615. The van der Waals surface area contributed by atoms with Crippen LogP contribution in [0.15, 0.2) is 55.1 Å². The Bertz CT molecular complexity index is 1130. The van der Waals surface area contributed by atoms with Gasteiger partial charge >= 0.3 is 0 Å². The zero-order chi connectivity index (χ0) is 18.3. The topological polar surface area (TPSA) is 78.7 Å². The van der Waals surface area contributed by atoms with Gasteiger partial charge in [0, 0.05) is 36.8 Å². The molecule has 0 spiro atoms. The minimum Gasteiger partial charge on any atom is -0.365 e. The molecular formula is C19H16FN5O. The van der Waals surface area contributed by atoms with Gasteiger partial charge in [0.25, 0.3) is 5.91 Å². The first kappa shape index (κ1) is 16.0. The predicted molar refractivity (Wildman–Crippen MR) is 96.0 cm³/mol. The molecule has 0 unspecified atom stereocenters. The number of nitrogens with zero attached hydrogens (tertiary/aromatic N) is 4. The number of primary amides is 1. The van der Waals surface area contributed by atoms with E-state index in [9.17, 15) is 9.18 Å². The lowest BCUT2D eigenvalue weighted by atomic mass is 10.1. The summed E-state index contributed by atoms with van der Waals surface area (Å²) in [6.07, 6.45) is 6.74. The largest absolute Gasteiger partial charge is 0.365 e. The number of pyridine rings is 1. The number of amides is 1. The molecule has 1 aromatic carbocycles. The van der Waals surface area contributed by atoms with Crippen LogP contribution in [0.4, 0.5) is 4.39 Å². The van der Waals surface area contributed by atoms with E-state index >= 15 is 0 Å². The van der Waals surface area contributed by atoms with Crippen LogP contribution >= 0.6 is 0 Å². The molecule has 3 aromatic heterocycles. The Kier molecular flexibility index (Phi) is 3.76. The third-order valence-corrected chi connectivity index (χ3v) is 4.33. The number of benzene rings is 1. The number of fused-ring (bicyclic) bond motifs is 1. The summed E-state index contributed by atoms with van der Waals surface area (Å²) in [5.74, 6) is -0.877. The summed E-state index contributed by atoms with van der Waals surface area (Å²) in [4.78, 5) is 15.9. The summed E-state index contributed by atoms with van der Waals surface area (Å²) in [6, 6.07) is 8.69. The summed E-state index contributed by atoms with van der Waals surface area (Å²) in [7, 11) is 1.82. The van der Waals surface area contributed by atoms with Crippen molar-refractivity contribution in [2.45, 2.75) is 6.54 Å². The normalized spacial score (nSPS) is 11.2. The first-order valence-corrected chi connectivity index (χ1v) is 8.04. The zero-order valence-electron chi connectivity index (χ0n) is 14.1. The van der Waals surface area contributed by atoms with Crippen molar-refractivity contribution in [2.24, 2.45) is 12.8 Å². The number of carbonyl (C=O) groups is 1. The summed E-state index contributed by atoms with van der Waals surface area (Å²) < 4.78 is 18.1. The van der Waals surface area contributed by atoms with Gasteiger partial charge in [0.15, 0.2) is 0 Å². The Morgan fingerprint density at radius 2 is 2.08 bits per heavy atom. The van der Waals surface area contributed by atoms with Crippen LogP contribution < -0.4 is 5.73 Å². The monoisotopic (exact) mass is 349 g/mol. The van der Waals surface area contributed by atoms with Crippen LogP contribution in [-0.4, -0.2) is 25.2 Å². The fraction of sp³-hybridized carbons (Fsp3) is 0.105. The molecular weight excluding hydrogens is 333 g/mol. The van der Waals surface area contributed by atoms with E-state index in [4.69, 9.17) is 5.73 Å². The molecule has 0 fully saturated rings. The number of aryl methyl sites for hydroxylation is 1. The standard InChI is InChI=1S/C19H16FN5O/c1-24-9-14(8-23-24)12-4-5-13(16(20)7-12)10-25-11-15(19(21)26)18-17(25)3-2-6-22-18/h2-9,11H,10H2,1H3,(H2,21,26). The summed E-state index contributed by atoms with van der Waals surface area (Å²) >= 11 is 0. The molecule has 0 saturated carbocycles. The molecule has 7 heteroatoms. The second kappa shape index (κ2) is 6.11. The molecule has 4 aromatic rings. The molecule has 0 aliphatic rings. The Morgan fingerprint density at radius 3 is 2.77 bits per heavy atom. The van der Waals surface area contributed by atoms with Gasteiger partial charge in [-0.15, -0.1) is 0 Å². The van der Waals surface area contributed by atoms with E-state index in [0.29, 0.717) is 16.6 Å². The van der Waals surface area contributed by atoms with Crippen LogP contribution in [-0.2, 0) is 13.6 Å². The minimum atomic E-state index is -0.556. The summed E-state index contributed by atoms with van der Waals surface area (Å²) in [5, 5.41) is 4.11. The van der Waals surface area contributed by atoms with Crippen molar-refractivity contribution in [1.29, 1.82) is 0 Å². The Hall–Kier alpha value is -3.48. The van der Waals surface area contributed by atoms with Crippen LogP contribution in [0.5, 0.6) is 0 Å². The van der Waals surface area contributed by atoms with E-state index in [2.05, 4.69) is 10.1 Å². The van der Waals surface area contributed by atoms with Crippen molar-refractivity contribution in [2.75, 3.05) is 0 Å².